The van der Waals surface area contributed by atoms with Crippen LogP contribution in [0, 0.1) is 0 Å². The van der Waals surface area contributed by atoms with Gasteiger partial charge in [0.05, 0.1) is 6.20 Å². The highest BCUT2D eigenvalue weighted by atomic mass is 32.1. The van der Waals surface area contributed by atoms with Gasteiger partial charge in [-0.25, -0.2) is 0 Å². The SMILES string of the molecule is CNC(Cc1ccsc1)Cc1cnn(C)c1. The number of hydrogen-bond acceptors (Lipinski definition) is 3. The van der Waals surface area contributed by atoms with Gasteiger partial charge in [-0.2, -0.15) is 16.4 Å². The summed E-state index contributed by atoms with van der Waals surface area (Å²) in [4.78, 5) is 0. The summed E-state index contributed by atoms with van der Waals surface area (Å²) in [6.07, 6.45) is 6.13. The number of nitrogens with zero attached hydrogens (tertiary/aromatic N) is 2. The van der Waals surface area contributed by atoms with E-state index in [1.165, 1.54) is 11.1 Å². The van der Waals surface area contributed by atoms with E-state index >= 15 is 0 Å². The molecule has 0 aliphatic heterocycles. The van der Waals surface area contributed by atoms with E-state index in [4.69, 9.17) is 0 Å². The summed E-state index contributed by atoms with van der Waals surface area (Å²) in [7, 11) is 3.98. The molecule has 0 bridgehead atoms. The van der Waals surface area contributed by atoms with Gasteiger partial charge in [0.15, 0.2) is 0 Å². The zero-order valence-electron chi connectivity index (χ0n) is 9.68. The van der Waals surface area contributed by atoms with Crippen LogP contribution in [0.4, 0.5) is 0 Å². The van der Waals surface area contributed by atoms with Gasteiger partial charge < -0.3 is 5.32 Å². The zero-order chi connectivity index (χ0) is 11.4. The number of rotatable bonds is 5. The van der Waals surface area contributed by atoms with E-state index in [-0.39, 0.29) is 0 Å². The molecule has 2 heterocycles. The lowest BCUT2D eigenvalue weighted by molar-refractivity contribution is 0.557. The van der Waals surface area contributed by atoms with Crippen LogP contribution in [0.5, 0.6) is 0 Å². The molecule has 0 aliphatic rings. The van der Waals surface area contributed by atoms with Crippen molar-refractivity contribution in [2.45, 2.75) is 18.9 Å². The predicted molar refractivity (Wildman–Crippen MR) is 67.8 cm³/mol. The highest BCUT2D eigenvalue weighted by molar-refractivity contribution is 7.07. The fraction of sp³-hybridized carbons (Fsp3) is 0.417. The minimum atomic E-state index is 0.485. The Morgan fingerprint density at radius 2 is 2.25 bits per heavy atom. The molecule has 2 rings (SSSR count). The van der Waals surface area contributed by atoms with Crippen LogP contribution in [-0.2, 0) is 19.9 Å². The van der Waals surface area contributed by atoms with Crippen molar-refractivity contribution in [2.24, 2.45) is 7.05 Å². The van der Waals surface area contributed by atoms with Crippen molar-refractivity contribution >= 4 is 11.3 Å². The third kappa shape index (κ3) is 2.93. The topological polar surface area (TPSA) is 29.9 Å². The Morgan fingerprint density at radius 3 is 2.81 bits per heavy atom. The molecule has 0 fully saturated rings. The van der Waals surface area contributed by atoms with Gasteiger partial charge in [-0.3, -0.25) is 4.68 Å². The normalized spacial score (nSPS) is 12.9. The van der Waals surface area contributed by atoms with Crippen molar-refractivity contribution in [3.05, 3.63) is 40.3 Å². The molecule has 1 unspecified atom stereocenters. The lowest BCUT2D eigenvalue weighted by Gasteiger charge is -2.14. The Kier molecular flexibility index (Phi) is 3.74. The third-order valence-electron chi connectivity index (χ3n) is 2.71. The number of thiophene rings is 1. The summed E-state index contributed by atoms with van der Waals surface area (Å²) >= 11 is 1.76. The van der Waals surface area contributed by atoms with Gasteiger partial charge >= 0.3 is 0 Å². The molecule has 2 aromatic heterocycles. The van der Waals surface area contributed by atoms with Crippen LogP contribution in [0.3, 0.4) is 0 Å². The molecule has 0 amide bonds. The average molecular weight is 235 g/mol. The summed E-state index contributed by atoms with van der Waals surface area (Å²) in [5.74, 6) is 0. The van der Waals surface area contributed by atoms with E-state index in [1.54, 1.807) is 11.3 Å². The van der Waals surface area contributed by atoms with Crippen LogP contribution in [-0.4, -0.2) is 22.9 Å². The highest BCUT2D eigenvalue weighted by Gasteiger charge is 2.09. The first kappa shape index (κ1) is 11.4. The fourth-order valence-electron chi connectivity index (χ4n) is 1.83. The van der Waals surface area contributed by atoms with Crippen molar-refractivity contribution < 1.29 is 0 Å². The minimum Gasteiger partial charge on any atom is -0.316 e. The van der Waals surface area contributed by atoms with E-state index in [0.29, 0.717) is 6.04 Å². The molecular weight excluding hydrogens is 218 g/mol. The second-order valence-corrected chi connectivity index (χ2v) is 4.83. The first-order valence-corrected chi connectivity index (χ1v) is 6.38. The summed E-state index contributed by atoms with van der Waals surface area (Å²) in [5.41, 5.74) is 2.70. The molecule has 1 N–H and O–H groups in total. The van der Waals surface area contributed by atoms with Gasteiger partial charge in [0.25, 0.3) is 0 Å². The Labute approximate surface area is 100 Å². The Hall–Kier alpha value is -1.13. The number of likely N-dealkylation sites (N-methyl/N-ethyl adjacent to an activating group) is 1. The molecule has 0 spiro atoms. The Balaban J connectivity index is 1.95. The number of aromatic nitrogens is 2. The first-order valence-electron chi connectivity index (χ1n) is 5.44. The highest BCUT2D eigenvalue weighted by Crippen LogP contribution is 2.11. The minimum absolute atomic E-state index is 0.485. The Morgan fingerprint density at radius 1 is 1.44 bits per heavy atom. The van der Waals surface area contributed by atoms with Crippen molar-refractivity contribution in [3.63, 3.8) is 0 Å². The lowest BCUT2D eigenvalue weighted by atomic mass is 10.0. The predicted octanol–water partition coefficient (Wildman–Crippen LogP) is 1.85. The average Bonchev–Trinajstić information content (AvgIpc) is 2.89. The van der Waals surface area contributed by atoms with Crippen molar-refractivity contribution in [1.82, 2.24) is 15.1 Å². The smallest absolute Gasteiger partial charge is 0.0522 e. The van der Waals surface area contributed by atoms with Gasteiger partial charge in [-0.15, -0.1) is 0 Å². The Bertz CT molecular complexity index is 419. The summed E-state index contributed by atoms with van der Waals surface area (Å²) in [6.45, 7) is 0. The van der Waals surface area contributed by atoms with E-state index in [1.807, 2.05) is 25.0 Å². The molecule has 4 heteroatoms. The third-order valence-corrected chi connectivity index (χ3v) is 3.44. The molecule has 0 saturated heterocycles. The fourth-order valence-corrected chi connectivity index (χ4v) is 2.51. The maximum atomic E-state index is 4.19. The van der Waals surface area contributed by atoms with Crippen LogP contribution < -0.4 is 5.32 Å². The number of aryl methyl sites for hydroxylation is 1. The second kappa shape index (κ2) is 5.27. The molecular formula is C12H17N3S. The summed E-state index contributed by atoms with van der Waals surface area (Å²) < 4.78 is 1.85. The van der Waals surface area contributed by atoms with E-state index in [9.17, 15) is 0 Å². The monoisotopic (exact) mass is 235 g/mol. The number of hydrogen-bond donors (Lipinski definition) is 1. The first-order chi connectivity index (χ1) is 7.78. The second-order valence-electron chi connectivity index (χ2n) is 4.05. The molecule has 0 saturated carbocycles. The maximum absolute atomic E-state index is 4.19. The van der Waals surface area contributed by atoms with Gasteiger partial charge in [0.2, 0.25) is 0 Å². The van der Waals surface area contributed by atoms with Crippen molar-refractivity contribution in [2.75, 3.05) is 7.05 Å². The molecule has 0 radical (unpaired) electrons. The lowest BCUT2D eigenvalue weighted by Crippen LogP contribution is -2.29. The van der Waals surface area contributed by atoms with E-state index in [2.05, 4.69) is 33.4 Å². The molecule has 0 aliphatic carbocycles. The standard InChI is InChI=1S/C12H17N3S/c1-13-12(5-10-3-4-16-9-10)6-11-7-14-15(2)8-11/h3-4,7-9,12-13H,5-6H2,1-2H3. The number of nitrogens with one attached hydrogen (secondary N) is 1. The van der Waals surface area contributed by atoms with Crippen LogP contribution >= 0.6 is 11.3 Å². The largest absolute Gasteiger partial charge is 0.316 e. The molecule has 1 atom stereocenters. The van der Waals surface area contributed by atoms with Crippen LogP contribution in [0.25, 0.3) is 0 Å². The molecule has 86 valence electrons. The van der Waals surface area contributed by atoms with Gasteiger partial charge in [-0.05, 0) is 47.8 Å². The van der Waals surface area contributed by atoms with Crippen LogP contribution in [0.2, 0.25) is 0 Å². The van der Waals surface area contributed by atoms with Gasteiger partial charge in [-0.1, -0.05) is 0 Å². The maximum Gasteiger partial charge on any atom is 0.0522 e. The van der Waals surface area contributed by atoms with Crippen molar-refractivity contribution in [3.8, 4) is 0 Å². The van der Waals surface area contributed by atoms with Crippen molar-refractivity contribution in [1.29, 1.82) is 0 Å². The molecule has 3 nitrogen and oxygen atoms in total. The van der Waals surface area contributed by atoms with E-state index < -0.39 is 0 Å². The summed E-state index contributed by atoms with van der Waals surface area (Å²) in [5, 5.41) is 11.9. The zero-order valence-corrected chi connectivity index (χ0v) is 10.5. The van der Waals surface area contributed by atoms with E-state index in [0.717, 1.165) is 12.8 Å². The molecule has 0 aromatic carbocycles. The van der Waals surface area contributed by atoms with Gasteiger partial charge in [0, 0.05) is 19.3 Å². The van der Waals surface area contributed by atoms with Crippen LogP contribution in [0.1, 0.15) is 11.1 Å². The molecule has 2 aromatic rings. The molecule has 16 heavy (non-hydrogen) atoms. The van der Waals surface area contributed by atoms with Crippen LogP contribution in [0.15, 0.2) is 29.2 Å². The summed E-state index contributed by atoms with van der Waals surface area (Å²) in [6, 6.07) is 2.68. The quantitative estimate of drug-likeness (QED) is 0.857. The van der Waals surface area contributed by atoms with Gasteiger partial charge in [0.1, 0.15) is 0 Å².